The number of anilines is 1. The fourth-order valence-corrected chi connectivity index (χ4v) is 3.58. The summed E-state index contributed by atoms with van der Waals surface area (Å²) in [6.07, 6.45) is -2.33. The molecule has 1 amide bonds. The Kier molecular flexibility index (Phi) is 8.53. The number of hydrogen-bond acceptors (Lipinski definition) is 7. The largest absolute Gasteiger partial charge is 0.490 e. The van der Waals surface area contributed by atoms with E-state index in [-0.39, 0.29) is 23.5 Å². The number of aliphatic carboxylic acids is 1. The van der Waals surface area contributed by atoms with Gasteiger partial charge >= 0.3 is 18.3 Å². The van der Waals surface area contributed by atoms with Crippen LogP contribution in [0.5, 0.6) is 0 Å². The van der Waals surface area contributed by atoms with Gasteiger partial charge in [0.15, 0.2) is 11.5 Å². The lowest BCUT2D eigenvalue weighted by Crippen LogP contribution is -2.45. The second kappa shape index (κ2) is 11.4. The van der Waals surface area contributed by atoms with Gasteiger partial charge in [-0.25, -0.2) is 14.5 Å². The van der Waals surface area contributed by atoms with Crippen LogP contribution < -0.4 is 4.90 Å². The topological polar surface area (TPSA) is 117 Å². The molecular formula is C22H21F6N7O3. The van der Waals surface area contributed by atoms with Crippen molar-refractivity contribution in [2.75, 3.05) is 25.0 Å². The van der Waals surface area contributed by atoms with Crippen LogP contribution in [0.25, 0.3) is 5.82 Å². The molecule has 0 aliphatic carbocycles. The highest BCUT2D eigenvalue weighted by Crippen LogP contribution is 2.28. The van der Waals surface area contributed by atoms with E-state index in [1.54, 1.807) is 24.3 Å². The fraction of sp³-hybridized carbons (Fsp3) is 0.364. The molecule has 0 atom stereocenters. The summed E-state index contributed by atoms with van der Waals surface area (Å²) in [6, 6.07) is 6.07. The number of amides is 1. The molecule has 1 aliphatic heterocycles. The fourth-order valence-electron chi connectivity index (χ4n) is 3.58. The lowest BCUT2D eigenvalue weighted by atomic mass is 10.0. The van der Waals surface area contributed by atoms with E-state index >= 15 is 0 Å². The molecule has 0 radical (unpaired) electrons. The number of rotatable bonds is 4. The monoisotopic (exact) mass is 545 g/mol. The van der Waals surface area contributed by atoms with Crippen LogP contribution in [0, 0.1) is 0 Å². The van der Waals surface area contributed by atoms with Gasteiger partial charge in [0, 0.05) is 50.5 Å². The van der Waals surface area contributed by atoms with Crippen LogP contribution in [0.15, 0.2) is 49.1 Å². The first-order valence-electron chi connectivity index (χ1n) is 11.0. The van der Waals surface area contributed by atoms with Gasteiger partial charge in [-0.05, 0) is 37.1 Å². The van der Waals surface area contributed by atoms with E-state index in [0.717, 1.165) is 43.9 Å². The zero-order chi connectivity index (χ0) is 28.1. The lowest BCUT2D eigenvalue weighted by molar-refractivity contribution is -0.192. The van der Waals surface area contributed by atoms with Gasteiger partial charge < -0.3 is 14.9 Å². The first-order chi connectivity index (χ1) is 17.8. The van der Waals surface area contributed by atoms with Gasteiger partial charge in [-0.2, -0.15) is 26.3 Å². The Morgan fingerprint density at radius 3 is 2.13 bits per heavy atom. The van der Waals surface area contributed by atoms with E-state index in [4.69, 9.17) is 9.90 Å². The summed E-state index contributed by atoms with van der Waals surface area (Å²) in [5.74, 6) is -2.90. The van der Waals surface area contributed by atoms with Gasteiger partial charge in [0.1, 0.15) is 0 Å². The van der Waals surface area contributed by atoms with E-state index < -0.39 is 23.9 Å². The number of carboxylic acids is 1. The molecule has 0 bridgehead atoms. The van der Waals surface area contributed by atoms with Crippen molar-refractivity contribution in [2.24, 2.45) is 0 Å². The molecule has 204 valence electrons. The molecule has 10 nitrogen and oxygen atoms in total. The molecule has 3 aromatic heterocycles. The zero-order valence-corrected chi connectivity index (χ0v) is 19.7. The minimum absolute atomic E-state index is 0.0555. The van der Waals surface area contributed by atoms with Gasteiger partial charge in [-0.3, -0.25) is 9.78 Å². The molecule has 0 aromatic carbocycles. The number of carbonyl (C=O) groups excluding carboxylic acids is 1. The Morgan fingerprint density at radius 2 is 1.63 bits per heavy atom. The smallest absolute Gasteiger partial charge is 0.475 e. The maximum atomic E-state index is 12.8. The first-order valence-corrected chi connectivity index (χ1v) is 11.0. The summed E-state index contributed by atoms with van der Waals surface area (Å²) in [5, 5.41) is 14.8. The van der Waals surface area contributed by atoms with Crippen molar-refractivity contribution < 1.29 is 41.0 Å². The zero-order valence-electron chi connectivity index (χ0n) is 19.7. The Balaban J connectivity index is 0.000000505. The molecule has 1 fully saturated rings. The third-order valence-corrected chi connectivity index (χ3v) is 5.63. The Labute approximate surface area is 211 Å². The molecule has 1 saturated heterocycles. The molecule has 4 rings (SSSR count). The second-order valence-corrected chi connectivity index (χ2v) is 8.09. The van der Waals surface area contributed by atoms with E-state index in [2.05, 4.69) is 25.2 Å². The molecule has 1 aliphatic rings. The number of hydrogen-bond donors (Lipinski definition) is 1. The summed E-state index contributed by atoms with van der Waals surface area (Å²) >= 11 is 0. The molecule has 1 N–H and O–H groups in total. The van der Waals surface area contributed by atoms with Crippen LogP contribution >= 0.6 is 0 Å². The van der Waals surface area contributed by atoms with E-state index in [1.807, 2.05) is 12.1 Å². The van der Waals surface area contributed by atoms with Crippen LogP contribution in [-0.4, -0.2) is 79.2 Å². The molecule has 4 heterocycles. The molecule has 38 heavy (non-hydrogen) atoms. The Morgan fingerprint density at radius 1 is 1.03 bits per heavy atom. The van der Waals surface area contributed by atoms with Crippen LogP contribution in [0.3, 0.4) is 0 Å². The molecule has 16 heteroatoms. The van der Waals surface area contributed by atoms with Crippen LogP contribution in [0.2, 0.25) is 0 Å². The number of carboxylic acid groups (broad SMARTS) is 1. The van der Waals surface area contributed by atoms with Gasteiger partial charge in [-0.15, -0.1) is 5.10 Å². The average molecular weight is 545 g/mol. The molecular weight excluding hydrogens is 524 g/mol. The van der Waals surface area contributed by atoms with Crippen molar-refractivity contribution in [3.8, 4) is 5.82 Å². The van der Waals surface area contributed by atoms with Gasteiger partial charge in [0.25, 0.3) is 5.91 Å². The van der Waals surface area contributed by atoms with Crippen LogP contribution in [-0.2, 0) is 11.0 Å². The third kappa shape index (κ3) is 7.17. The van der Waals surface area contributed by atoms with Crippen LogP contribution in [0.4, 0.5) is 32.0 Å². The van der Waals surface area contributed by atoms with Gasteiger partial charge in [0.2, 0.25) is 0 Å². The average Bonchev–Trinajstić information content (AvgIpc) is 3.38. The number of carbonyl (C=O) groups is 2. The molecule has 3 aromatic rings. The summed E-state index contributed by atoms with van der Waals surface area (Å²) in [6.45, 7) is 1.63. The van der Waals surface area contributed by atoms with E-state index in [1.165, 1.54) is 16.9 Å². The van der Waals surface area contributed by atoms with Crippen molar-refractivity contribution in [1.29, 1.82) is 0 Å². The SMILES string of the molecule is CN(C(=O)c1cn(-c2ccc(C(F)(F)F)cn2)nn1)C1CCN(c2ccncc2)CC1.O=C(O)C(F)(F)F. The highest BCUT2D eigenvalue weighted by molar-refractivity contribution is 5.92. The molecule has 0 spiro atoms. The van der Waals surface area contributed by atoms with Crippen molar-refractivity contribution in [1.82, 2.24) is 29.9 Å². The van der Waals surface area contributed by atoms with Crippen molar-refractivity contribution >= 4 is 17.6 Å². The summed E-state index contributed by atoms with van der Waals surface area (Å²) in [4.78, 5) is 33.4. The molecule has 0 unspecified atom stereocenters. The van der Waals surface area contributed by atoms with E-state index in [0.29, 0.717) is 0 Å². The number of nitrogens with zero attached hydrogens (tertiary/aromatic N) is 7. The summed E-state index contributed by atoms with van der Waals surface area (Å²) < 4.78 is 71.0. The third-order valence-electron chi connectivity index (χ3n) is 5.63. The number of pyridine rings is 2. The standard InChI is InChI=1S/C20H20F3N7O.C2HF3O2/c1-28(15-6-10-29(11-7-15)16-4-8-24-9-5-16)19(31)17-13-30(27-26-17)18-3-2-14(12-25-18)20(21,22)23;3-2(4,5)1(6)7/h2-5,8-9,12-13,15H,6-7,10-11H2,1H3;(H,6,7). The minimum Gasteiger partial charge on any atom is -0.475 e. The van der Waals surface area contributed by atoms with Crippen molar-refractivity contribution in [3.05, 3.63) is 60.3 Å². The highest BCUT2D eigenvalue weighted by atomic mass is 19.4. The van der Waals surface area contributed by atoms with Crippen molar-refractivity contribution in [3.63, 3.8) is 0 Å². The normalized spacial score (nSPS) is 14.4. The number of aromatic nitrogens is 5. The predicted molar refractivity (Wildman–Crippen MR) is 119 cm³/mol. The maximum Gasteiger partial charge on any atom is 0.490 e. The minimum atomic E-state index is -5.08. The predicted octanol–water partition coefficient (Wildman–Crippen LogP) is 3.45. The lowest BCUT2D eigenvalue weighted by Gasteiger charge is -2.37. The maximum absolute atomic E-state index is 12.8. The quantitative estimate of drug-likeness (QED) is 0.496. The summed E-state index contributed by atoms with van der Waals surface area (Å²) in [7, 11) is 1.73. The van der Waals surface area contributed by atoms with Gasteiger partial charge in [0.05, 0.1) is 11.8 Å². The summed E-state index contributed by atoms with van der Waals surface area (Å²) in [5.41, 5.74) is 0.362. The molecule has 0 saturated carbocycles. The number of alkyl halides is 6. The second-order valence-electron chi connectivity index (χ2n) is 8.09. The van der Waals surface area contributed by atoms with Gasteiger partial charge in [-0.1, -0.05) is 5.21 Å². The first kappa shape index (κ1) is 28.3. The van der Waals surface area contributed by atoms with Crippen molar-refractivity contribution in [2.45, 2.75) is 31.2 Å². The number of halogens is 6. The highest BCUT2D eigenvalue weighted by Gasteiger charge is 2.38. The number of piperidine rings is 1. The Hall–Kier alpha value is -4.24. The Bertz CT molecular complexity index is 1220. The van der Waals surface area contributed by atoms with E-state index in [9.17, 15) is 31.1 Å². The van der Waals surface area contributed by atoms with Crippen LogP contribution in [0.1, 0.15) is 28.9 Å².